The molecule has 6 heteroatoms. The number of aliphatic hydroxyl groups is 1. The van der Waals surface area contributed by atoms with E-state index in [9.17, 15) is 19.8 Å². The molecule has 6 nitrogen and oxygen atoms in total. The number of piperidine rings is 1. The highest BCUT2D eigenvalue weighted by Crippen LogP contribution is 2.34. The van der Waals surface area contributed by atoms with Crippen LogP contribution in [-0.4, -0.2) is 64.3 Å². The molecule has 2 heterocycles. The van der Waals surface area contributed by atoms with E-state index in [0.717, 1.165) is 12.8 Å². The zero-order chi connectivity index (χ0) is 15.6. The zero-order valence-electron chi connectivity index (χ0n) is 12.9. The van der Waals surface area contributed by atoms with E-state index in [4.69, 9.17) is 0 Å². The maximum absolute atomic E-state index is 12.6. The number of carbonyl (C=O) groups excluding carboxylic acids is 1. The van der Waals surface area contributed by atoms with Crippen molar-refractivity contribution in [3.05, 3.63) is 0 Å². The number of aliphatic carboxylic acids is 1. The molecule has 3 unspecified atom stereocenters. The highest BCUT2D eigenvalue weighted by atomic mass is 16.4. The van der Waals surface area contributed by atoms with E-state index in [1.54, 1.807) is 16.7 Å². The van der Waals surface area contributed by atoms with Gasteiger partial charge in [0.2, 0.25) is 0 Å². The average molecular weight is 298 g/mol. The van der Waals surface area contributed by atoms with Crippen molar-refractivity contribution in [2.45, 2.75) is 45.6 Å². The molecule has 0 bridgehead atoms. The summed E-state index contributed by atoms with van der Waals surface area (Å²) in [6, 6.07) is -0.0723. The Morgan fingerprint density at radius 1 is 1.33 bits per heavy atom. The lowest BCUT2D eigenvalue weighted by Crippen LogP contribution is -2.53. The Morgan fingerprint density at radius 3 is 2.57 bits per heavy atom. The monoisotopic (exact) mass is 298 g/mol. The van der Waals surface area contributed by atoms with Crippen LogP contribution >= 0.6 is 0 Å². The van der Waals surface area contributed by atoms with Crippen molar-refractivity contribution in [2.75, 3.05) is 26.2 Å². The van der Waals surface area contributed by atoms with Gasteiger partial charge in [0.15, 0.2) is 0 Å². The molecular formula is C15H26N2O4. The van der Waals surface area contributed by atoms with Crippen molar-refractivity contribution in [2.24, 2.45) is 11.3 Å². The molecule has 21 heavy (non-hydrogen) atoms. The third-order valence-corrected chi connectivity index (χ3v) is 5.16. The van der Waals surface area contributed by atoms with E-state index in [1.165, 1.54) is 0 Å². The maximum atomic E-state index is 12.6. The second kappa shape index (κ2) is 6.22. The summed E-state index contributed by atoms with van der Waals surface area (Å²) in [5.74, 6) is -0.667. The molecule has 2 aliphatic rings. The first-order chi connectivity index (χ1) is 9.89. The second-order valence-corrected chi connectivity index (χ2v) is 6.48. The van der Waals surface area contributed by atoms with E-state index in [-0.39, 0.29) is 11.9 Å². The van der Waals surface area contributed by atoms with E-state index < -0.39 is 17.5 Å². The third-order valence-electron chi connectivity index (χ3n) is 5.16. The first kappa shape index (κ1) is 16.1. The number of urea groups is 1. The normalized spacial score (nSPS) is 31.3. The summed E-state index contributed by atoms with van der Waals surface area (Å²) in [6.07, 6.45) is 2.33. The van der Waals surface area contributed by atoms with Crippen LogP contribution in [0.25, 0.3) is 0 Å². The Balaban J connectivity index is 2.01. The Morgan fingerprint density at radius 2 is 2.05 bits per heavy atom. The largest absolute Gasteiger partial charge is 0.481 e. The van der Waals surface area contributed by atoms with E-state index in [1.807, 2.05) is 6.92 Å². The van der Waals surface area contributed by atoms with Crippen molar-refractivity contribution < 1.29 is 19.8 Å². The summed E-state index contributed by atoms with van der Waals surface area (Å²) in [4.78, 5) is 27.6. The fourth-order valence-corrected chi connectivity index (χ4v) is 3.46. The average Bonchev–Trinajstić information content (AvgIpc) is 2.96. The SMILES string of the molecule is CCC1(C(=O)O)CCCN(C(=O)N2CCC(C(C)O)C2)C1. The molecule has 0 aromatic rings. The number of hydrogen-bond acceptors (Lipinski definition) is 3. The predicted octanol–water partition coefficient (Wildman–Crippen LogP) is 1.39. The van der Waals surface area contributed by atoms with Gasteiger partial charge in [-0.1, -0.05) is 6.92 Å². The van der Waals surface area contributed by atoms with Crippen LogP contribution in [0.5, 0.6) is 0 Å². The molecule has 0 radical (unpaired) electrons. The van der Waals surface area contributed by atoms with Crippen molar-refractivity contribution in [3.63, 3.8) is 0 Å². The van der Waals surface area contributed by atoms with Crippen LogP contribution in [0.2, 0.25) is 0 Å². The number of aliphatic hydroxyl groups excluding tert-OH is 1. The lowest BCUT2D eigenvalue weighted by molar-refractivity contribution is -0.152. The van der Waals surface area contributed by atoms with Gasteiger partial charge in [-0.25, -0.2) is 4.79 Å². The maximum Gasteiger partial charge on any atom is 0.320 e. The van der Waals surface area contributed by atoms with E-state index in [2.05, 4.69) is 0 Å². The van der Waals surface area contributed by atoms with Gasteiger partial charge in [0.1, 0.15) is 0 Å². The summed E-state index contributed by atoms with van der Waals surface area (Å²) in [5, 5.41) is 19.1. The number of carboxylic acid groups (broad SMARTS) is 1. The van der Waals surface area contributed by atoms with Gasteiger partial charge >= 0.3 is 12.0 Å². The highest BCUT2D eigenvalue weighted by molar-refractivity contribution is 5.79. The molecule has 3 atom stereocenters. The standard InChI is InChI=1S/C15H26N2O4/c1-3-15(13(19)20)6-4-7-17(10-15)14(21)16-8-5-12(9-16)11(2)18/h11-12,18H,3-10H2,1-2H3,(H,19,20). The van der Waals surface area contributed by atoms with Crippen LogP contribution in [-0.2, 0) is 4.79 Å². The highest BCUT2D eigenvalue weighted by Gasteiger charge is 2.43. The number of carbonyl (C=O) groups is 2. The Labute approximate surface area is 125 Å². The fraction of sp³-hybridized carbons (Fsp3) is 0.867. The molecule has 2 aliphatic heterocycles. The summed E-state index contributed by atoms with van der Waals surface area (Å²) < 4.78 is 0. The second-order valence-electron chi connectivity index (χ2n) is 6.48. The smallest absolute Gasteiger partial charge is 0.320 e. The molecule has 0 aromatic carbocycles. The van der Waals surface area contributed by atoms with Gasteiger partial charge in [0, 0.05) is 32.1 Å². The summed E-state index contributed by atoms with van der Waals surface area (Å²) >= 11 is 0. The molecule has 0 aliphatic carbocycles. The molecular weight excluding hydrogens is 272 g/mol. The van der Waals surface area contributed by atoms with E-state index >= 15 is 0 Å². The first-order valence-corrected chi connectivity index (χ1v) is 7.85. The Hall–Kier alpha value is -1.30. The van der Waals surface area contributed by atoms with Crippen LogP contribution in [0.1, 0.15) is 39.5 Å². The third kappa shape index (κ3) is 3.15. The molecule has 0 spiro atoms. The number of amides is 2. The topological polar surface area (TPSA) is 81.1 Å². The van der Waals surface area contributed by atoms with Crippen LogP contribution in [0.3, 0.4) is 0 Å². The number of likely N-dealkylation sites (tertiary alicyclic amines) is 2. The van der Waals surface area contributed by atoms with Gasteiger partial charge < -0.3 is 20.0 Å². The number of nitrogens with zero attached hydrogens (tertiary/aromatic N) is 2. The number of rotatable bonds is 3. The zero-order valence-corrected chi connectivity index (χ0v) is 12.9. The minimum absolute atomic E-state index is 0.0723. The van der Waals surface area contributed by atoms with Crippen molar-refractivity contribution in [3.8, 4) is 0 Å². The van der Waals surface area contributed by atoms with Crippen molar-refractivity contribution in [1.82, 2.24) is 9.80 Å². The van der Waals surface area contributed by atoms with Gasteiger partial charge in [0.05, 0.1) is 11.5 Å². The van der Waals surface area contributed by atoms with Gasteiger partial charge in [-0.15, -0.1) is 0 Å². The lowest BCUT2D eigenvalue weighted by atomic mass is 9.78. The quantitative estimate of drug-likeness (QED) is 0.825. The molecule has 0 aromatic heterocycles. The summed E-state index contributed by atoms with van der Waals surface area (Å²) in [7, 11) is 0. The molecule has 2 fully saturated rings. The fourth-order valence-electron chi connectivity index (χ4n) is 3.46. The lowest BCUT2D eigenvalue weighted by Gasteiger charge is -2.40. The molecule has 2 saturated heterocycles. The minimum Gasteiger partial charge on any atom is -0.481 e. The predicted molar refractivity (Wildman–Crippen MR) is 77.9 cm³/mol. The Kier molecular flexibility index (Phi) is 4.76. The summed E-state index contributed by atoms with van der Waals surface area (Å²) in [5.41, 5.74) is -0.794. The van der Waals surface area contributed by atoms with Crippen molar-refractivity contribution >= 4 is 12.0 Å². The molecule has 2 amide bonds. The van der Waals surface area contributed by atoms with Crippen LogP contribution in [0.15, 0.2) is 0 Å². The molecule has 2 rings (SSSR count). The molecule has 120 valence electrons. The summed E-state index contributed by atoms with van der Waals surface area (Å²) in [6.45, 7) is 5.78. The van der Waals surface area contributed by atoms with Crippen LogP contribution in [0, 0.1) is 11.3 Å². The minimum atomic E-state index is -0.800. The molecule has 0 saturated carbocycles. The molecule has 2 N–H and O–H groups in total. The van der Waals surface area contributed by atoms with Crippen molar-refractivity contribution in [1.29, 1.82) is 0 Å². The van der Waals surface area contributed by atoms with Gasteiger partial charge in [-0.3, -0.25) is 4.79 Å². The van der Waals surface area contributed by atoms with Gasteiger partial charge in [0.25, 0.3) is 0 Å². The van der Waals surface area contributed by atoms with Gasteiger partial charge in [-0.2, -0.15) is 0 Å². The Bertz CT molecular complexity index is 412. The number of carboxylic acids is 1. The van der Waals surface area contributed by atoms with E-state index in [0.29, 0.717) is 39.0 Å². The first-order valence-electron chi connectivity index (χ1n) is 7.85. The van der Waals surface area contributed by atoms with Crippen LogP contribution in [0.4, 0.5) is 4.79 Å². The number of hydrogen-bond donors (Lipinski definition) is 2. The van der Waals surface area contributed by atoms with Crippen LogP contribution < -0.4 is 0 Å². The van der Waals surface area contributed by atoms with Gasteiger partial charge in [-0.05, 0) is 32.6 Å².